The third kappa shape index (κ3) is 4.97. The van der Waals surface area contributed by atoms with Crippen LogP contribution in [0.5, 0.6) is 0 Å². The number of benzene rings is 2. The molecule has 0 heterocycles. The molecule has 0 spiro atoms. The van der Waals surface area contributed by atoms with Crippen LogP contribution in [0, 0.1) is 5.92 Å². The molecule has 2 aromatic rings. The lowest BCUT2D eigenvalue weighted by molar-refractivity contribution is 0.311. The number of fused-ring (bicyclic) bond motifs is 1. The molecule has 0 saturated carbocycles. The van der Waals surface area contributed by atoms with E-state index < -0.39 is 9.76 Å². The van der Waals surface area contributed by atoms with E-state index in [1.54, 1.807) is 0 Å². The van der Waals surface area contributed by atoms with Crippen molar-refractivity contribution in [1.29, 1.82) is 0 Å². The Labute approximate surface area is 136 Å². The average Bonchev–Trinajstić information content (AvgIpc) is 2.55. The first-order valence-electron chi connectivity index (χ1n) is 8.11. The lowest BCUT2D eigenvalue weighted by atomic mass is 9.96. The third-order valence-electron chi connectivity index (χ3n) is 4.04. The molecule has 22 heavy (non-hydrogen) atoms. The summed E-state index contributed by atoms with van der Waals surface area (Å²) in [6, 6.07) is 15.1. The first kappa shape index (κ1) is 16.7. The van der Waals surface area contributed by atoms with Crippen molar-refractivity contribution >= 4 is 25.7 Å². The zero-order valence-corrected chi connectivity index (χ0v) is 14.8. The highest BCUT2D eigenvalue weighted by Gasteiger charge is 2.05. The summed E-state index contributed by atoms with van der Waals surface area (Å²) in [5, 5.41) is 4.08. The fourth-order valence-corrected chi connectivity index (χ4v) is 4.16. The van der Waals surface area contributed by atoms with Gasteiger partial charge in [-0.05, 0) is 47.6 Å². The van der Waals surface area contributed by atoms with Crippen molar-refractivity contribution in [3.8, 4) is 0 Å². The minimum atomic E-state index is -0.641. The zero-order valence-electron chi connectivity index (χ0n) is 13.3. The summed E-state index contributed by atoms with van der Waals surface area (Å²) in [5.74, 6) is 0.679. The van der Waals surface area contributed by atoms with Crippen LogP contribution in [0.25, 0.3) is 10.8 Å². The Bertz CT molecular complexity index is 590. The summed E-state index contributed by atoms with van der Waals surface area (Å²) >= 11 is 0. The Morgan fingerprint density at radius 2 is 1.73 bits per heavy atom. The van der Waals surface area contributed by atoms with Gasteiger partial charge >= 0.3 is 0 Å². The van der Waals surface area contributed by atoms with Crippen molar-refractivity contribution in [1.82, 2.24) is 0 Å². The van der Waals surface area contributed by atoms with Crippen molar-refractivity contribution in [3.05, 3.63) is 67.8 Å². The molecular weight excluding hydrogens is 284 g/mol. The van der Waals surface area contributed by atoms with Crippen LogP contribution in [0.1, 0.15) is 25.7 Å². The molecule has 1 nitrogen and oxygen atoms in total. The first-order valence-corrected chi connectivity index (χ1v) is 9.39. The Hall–Kier alpha value is -1.64. The summed E-state index contributed by atoms with van der Waals surface area (Å²) in [7, 11) is -0.641. The normalized spacial score (nSPS) is 11.5. The van der Waals surface area contributed by atoms with Crippen LogP contribution in [0.2, 0.25) is 0 Å². The van der Waals surface area contributed by atoms with Gasteiger partial charge in [0.25, 0.3) is 0 Å². The smallest absolute Gasteiger partial charge is 0.192 e. The molecule has 0 fully saturated rings. The molecular formula is C20H26OSi. The SMILES string of the molecule is C=CCC(CC=C)CCCO[SiH2]c1cccc2ccccc12. The van der Waals surface area contributed by atoms with Gasteiger partial charge in [-0.15, -0.1) is 13.2 Å². The standard InChI is InChI=1S/C20H26OSi/c1-3-9-17(10-4-2)11-8-16-21-22-20-15-7-13-18-12-5-6-14-19(18)20/h3-7,12-15,17H,1-2,8-11,16,22H2. The maximum Gasteiger partial charge on any atom is 0.192 e. The molecule has 0 aliphatic heterocycles. The van der Waals surface area contributed by atoms with Gasteiger partial charge in [0.15, 0.2) is 9.76 Å². The molecule has 0 N–H and O–H groups in total. The van der Waals surface area contributed by atoms with Gasteiger partial charge in [0.05, 0.1) is 0 Å². The highest BCUT2D eigenvalue weighted by Crippen LogP contribution is 2.16. The Morgan fingerprint density at radius 1 is 1.00 bits per heavy atom. The summed E-state index contributed by atoms with van der Waals surface area (Å²) in [4.78, 5) is 0. The number of allylic oxidation sites excluding steroid dienone is 2. The predicted octanol–water partition coefficient (Wildman–Crippen LogP) is 4.11. The topological polar surface area (TPSA) is 9.23 Å². The zero-order chi connectivity index (χ0) is 15.6. The van der Waals surface area contributed by atoms with Crippen LogP contribution in [-0.2, 0) is 4.43 Å². The fraction of sp³-hybridized carbons (Fsp3) is 0.300. The Balaban J connectivity index is 1.78. The lowest BCUT2D eigenvalue weighted by Crippen LogP contribution is -2.19. The van der Waals surface area contributed by atoms with Crippen molar-refractivity contribution in [3.63, 3.8) is 0 Å². The van der Waals surface area contributed by atoms with Crippen LogP contribution in [0.3, 0.4) is 0 Å². The maximum absolute atomic E-state index is 6.02. The second-order valence-electron chi connectivity index (χ2n) is 5.75. The molecule has 116 valence electrons. The molecule has 0 atom stereocenters. The second-order valence-corrected chi connectivity index (χ2v) is 7.21. The Morgan fingerprint density at radius 3 is 2.50 bits per heavy atom. The van der Waals surface area contributed by atoms with Gasteiger partial charge < -0.3 is 4.43 Å². The molecule has 0 amide bonds. The summed E-state index contributed by atoms with van der Waals surface area (Å²) < 4.78 is 6.02. The van der Waals surface area contributed by atoms with Gasteiger partial charge in [0, 0.05) is 6.61 Å². The van der Waals surface area contributed by atoms with Crippen molar-refractivity contribution < 1.29 is 4.43 Å². The number of rotatable bonds is 10. The lowest BCUT2D eigenvalue weighted by Gasteiger charge is -2.13. The van der Waals surface area contributed by atoms with E-state index in [-0.39, 0.29) is 0 Å². The minimum absolute atomic E-state index is 0.641. The summed E-state index contributed by atoms with van der Waals surface area (Å²) in [6.07, 6.45) is 8.51. The molecule has 0 aliphatic carbocycles. The molecule has 0 aliphatic rings. The largest absolute Gasteiger partial charge is 0.419 e. The van der Waals surface area contributed by atoms with E-state index in [1.165, 1.54) is 22.4 Å². The van der Waals surface area contributed by atoms with E-state index >= 15 is 0 Å². The van der Waals surface area contributed by atoms with E-state index in [1.807, 2.05) is 12.2 Å². The van der Waals surface area contributed by atoms with Crippen LogP contribution in [0.15, 0.2) is 67.8 Å². The number of hydrogen-bond donors (Lipinski definition) is 0. The fourth-order valence-electron chi connectivity index (χ4n) is 2.88. The van der Waals surface area contributed by atoms with Crippen molar-refractivity contribution in [2.45, 2.75) is 25.7 Å². The third-order valence-corrected chi connectivity index (χ3v) is 5.46. The van der Waals surface area contributed by atoms with Gasteiger partial charge in [0.1, 0.15) is 0 Å². The van der Waals surface area contributed by atoms with E-state index in [0.29, 0.717) is 5.92 Å². The van der Waals surface area contributed by atoms with E-state index in [0.717, 1.165) is 25.9 Å². The van der Waals surface area contributed by atoms with Crippen molar-refractivity contribution in [2.75, 3.05) is 6.61 Å². The minimum Gasteiger partial charge on any atom is -0.419 e. The molecule has 2 rings (SSSR count). The number of hydrogen-bond acceptors (Lipinski definition) is 1. The molecule has 2 aromatic carbocycles. The van der Waals surface area contributed by atoms with Crippen LogP contribution < -0.4 is 5.19 Å². The molecule has 0 radical (unpaired) electrons. The van der Waals surface area contributed by atoms with Gasteiger partial charge in [0.2, 0.25) is 0 Å². The molecule has 0 saturated heterocycles. The monoisotopic (exact) mass is 310 g/mol. The summed E-state index contributed by atoms with van der Waals surface area (Å²) in [5.41, 5.74) is 0. The van der Waals surface area contributed by atoms with E-state index in [2.05, 4.69) is 55.6 Å². The molecule has 2 heteroatoms. The van der Waals surface area contributed by atoms with Gasteiger partial charge in [-0.2, -0.15) is 0 Å². The molecule has 0 unspecified atom stereocenters. The van der Waals surface area contributed by atoms with Gasteiger partial charge in [-0.25, -0.2) is 0 Å². The highest BCUT2D eigenvalue weighted by molar-refractivity contribution is 6.51. The van der Waals surface area contributed by atoms with Gasteiger partial charge in [-0.3, -0.25) is 0 Å². The Kier molecular flexibility index (Phi) is 7.14. The van der Waals surface area contributed by atoms with Gasteiger partial charge in [-0.1, -0.05) is 54.6 Å². The van der Waals surface area contributed by atoms with Crippen LogP contribution in [0.4, 0.5) is 0 Å². The average molecular weight is 311 g/mol. The predicted molar refractivity (Wildman–Crippen MR) is 100 cm³/mol. The second kappa shape index (κ2) is 9.39. The molecule has 0 bridgehead atoms. The van der Waals surface area contributed by atoms with E-state index in [9.17, 15) is 0 Å². The van der Waals surface area contributed by atoms with Crippen LogP contribution in [-0.4, -0.2) is 16.4 Å². The summed E-state index contributed by atoms with van der Waals surface area (Å²) in [6.45, 7) is 8.55. The first-order chi connectivity index (χ1) is 10.8. The van der Waals surface area contributed by atoms with E-state index in [4.69, 9.17) is 4.43 Å². The van der Waals surface area contributed by atoms with Crippen molar-refractivity contribution in [2.24, 2.45) is 5.92 Å². The molecule has 0 aromatic heterocycles. The van der Waals surface area contributed by atoms with Crippen LogP contribution >= 0.6 is 0 Å². The maximum atomic E-state index is 6.02. The quantitative estimate of drug-likeness (QED) is 0.364. The highest BCUT2D eigenvalue weighted by atomic mass is 28.2.